The number of carbonyl (C=O) groups excluding carboxylic acids is 1. The zero-order valence-electron chi connectivity index (χ0n) is 19.9. The Morgan fingerprint density at radius 1 is 1.12 bits per heavy atom. The van der Waals surface area contributed by atoms with Crippen LogP contribution in [0.1, 0.15) is 57.4 Å². The lowest BCUT2D eigenvalue weighted by Crippen LogP contribution is -2.08. The van der Waals surface area contributed by atoms with E-state index < -0.39 is 11.7 Å². The number of nitrogens with zero attached hydrogens (tertiary/aromatic N) is 1. The lowest BCUT2D eigenvalue weighted by molar-refractivity contribution is -0.136. The molecule has 0 aliphatic carbocycles. The Balaban J connectivity index is 0.000000257. The quantitative estimate of drug-likeness (QED) is 0.227. The van der Waals surface area contributed by atoms with Crippen LogP contribution in [0.25, 0.3) is 10.2 Å². The number of aromatic nitrogens is 1. The molecule has 3 rings (SSSR count). The minimum absolute atomic E-state index is 0.0145. The first kappa shape index (κ1) is 28.2. The molecule has 0 atom stereocenters. The van der Waals surface area contributed by atoms with E-state index in [4.69, 9.17) is 21.1 Å². The fourth-order valence-electron chi connectivity index (χ4n) is 3.30. The lowest BCUT2D eigenvalue weighted by Gasteiger charge is -2.10. The number of benzene rings is 2. The minimum Gasteiger partial charge on any atom is -0.382 e. The van der Waals surface area contributed by atoms with E-state index in [0.717, 1.165) is 29.2 Å². The zero-order chi connectivity index (χ0) is 25.5. The van der Waals surface area contributed by atoms with E-state index in [1.165, 1.54) is 18.4 Å². The van der Waals surface area contributed by atoms with Crippen molar-refractivity contribution >= 4 is 38.9 Å². The predicted molar refractivity (Wildman–Crippen MR) is 131 cm³/mol. The second-order valence-electron chi connectivity index (χ2n) is 7.83. The molecule has 0 amide bonds. The molecule has 186 valence electrons. The van der Waals surface area contributed by atoms with Crippen molar-refractivity contribution < 1.29 is 27.4 Å². The van der Waals surface area contributed by atoms with Crippen LogP contribution in [0.2, 0.25) is 5.02 Å². The summed E-state index contributed by atoms with van der Waals surface area (Å²) in [4.78, 5) is 15.7. The van der Waals surface area contributed by atoms with Gasteiger partial charge in [0.1, 0.15) is 0 Å². The van der Waals surface area contributed by atoms with Crippen molar-refractivity contribution in [3.8, 4) is 0 Å². The number of ketones is 1. The maximum absolute atomic E-state index is 13.1. The number of Topliss-reactive ketones (excluding diaryl/α,β-unsaturated/α-hetero) is 1. The maximum atomic E-state index is 13.1. The van der Waals surface area contributed by atoms with Gasteiger partial charge in [0.05, 0.1) is 40.6 Å². The largest absolute Gasteiger partial charge is 0.418 e. The SMILES string of the molecule is CCCC(=O)c1cc(Cl)cc(C)c1C.COCCOCc1cc(C(F)(F)F)c2nc(C)sc2c1. The highest BCUT2D eigenvalue weighted by molar-refractivity contribution is 7.18. The van der Waals surface area contributed by atoms with Gasteiger partial charge in [-0.05, 0) is 68.1 Å². The summed E-state index contributed by atoms with van der Waals surface area (Å²) in [5, 5.41) is 1.26. The molecular weight excluding hydrogens is 487 g/mol. The Kier molecular flexibility index (Phi) is 10.5. The predicted octanol–water partition coefficient (Wildman–Crippen LogP) is 7.73. The van der Waals surface area contributed by atoms with Gasteiger partial charge in [-0.15, -0.1) is 11.3 Å². The van der Waals surface area contributed by atoms with Gasteiger partial charge in [-0.2, -0.15) is 13.2 Å². The van der Waals surface area contributed by atoms with Crippen LogP contribution in [0.4, 0.5) is 13.2 Å². The second-order valence-corrected chi connectivity index (χ2v) is 9.51. The highest BCUT2D eigenvalue weighted by Gasteiger charge is 2.34. The molecule has 0 aliphatic heterocycles. The second kappa shape index (κ2) is 12.6. The average Bonchev–Trinajstić information content (AvgIpc) is 3.13. The molecule has 9 heteroatoms. The van der Waals surface area contributed by atoms with E-state index in [1.807, 2.05) is 26.8 Å². The Morgan fingerprint density at radius 3 is 2.44 bits per heavy atom. The molecule has 2 aromatic carbocycles. The molecule has 1 heterocycles. The molecule has 3 aromatic rings. The topological polar surface area (TPSA) is 48.4 Å². The number of hydrogen-bond acceptors (Lipinski definition) is 5. The third kappa shape index (κ3) is 7.77. The Bertz CT molecular complexity index is 1130. The van der Waals surface area contributed by atoms with Crippen LogP contribution < -0.4 is 0 Å². The summed E-state index contributed by atoms with van der Waals surface area (Å²) in [5.74, 6) is 0.190. The van der Waals surface area contributed by atoms with Gasteiger partial charge < -0.3 is 9.47 Å². The summed E-state index contributed by atoms with van der Waals surface area (Å²) in [5.41, 5.74) is 2.71. The van der Waals surface area contributed by atoms with Gasteiger partial charge in [-0.1, -0.05) is 18.5 Å². The van der Waals surface area contributed by atoms with E-state index in [0.29, 0.717) is 39.9 Å². The van der Waals surface area contributed by atoms with Crippen molar-refractivity contribution in [3.05, 3.63) is 62.1 Å². The molecule has 0 saturated carbocycles. The van der Waals surface area contributed by atoms with Crippen molar-refractivity contribution in [2.24, 2.45) is 0 Å². The number of hydrogen-bond donors (Lipinski definition) is 0. The van der Waals surface area contributed by atoms with Crippen molar-refractivity contribution in [1.82, 2.24) is 4.98 Å². The number of fused-ring (bicyclic) bond motifs is 1. The van der Waals surface area contributed by atoms with E-state index in [-0.39, 0.29) is 17.9 Å². The van der Waals surface area contributed by atoms with Crippen LogP contribution in [0.15, 0.2) is 24.3 Å². The summed E-state index contributed by atoms with van der Waals surface area (Å²) < 4.78 is 49.8. The van der Waals surface area contributed by atoms with Gasteiger partial charge in [-0.25, -0.2) is 4.98 Å². The van der Waals surface area contributed by atoms with Gasteiger partial charge in [0, 0.05) is 24.1 Å². The van der Waals surface area contributed by atoms with Crippen molar-refractivity contribution in [3.63, 3.8) is 0 Å². The molecular formula is C25H29ClF3NO3S. The number of ether oxygens (including phenoxy) is 2. The number of rotatable bonds is 8. The standard InChI is InChI=1S/C13H14F3NO2S.C12H15ClO/c1-8-17-12-10(13(14,15)16)5-9(6-11(12)20-8)7-19-4-3-18-2;1-4-5-12(14)11-7-10(13)6-8(2)9(11)3/h5-6H,3-4,7H2,1-2H3;6-7H,4-5H2,1-3H3. The van der Waals surface area contributed by atoms with E-state index in [2.05, 4.69) is 4.98 Å². The highest BCUT2D eigenvalue weighted by Crippen LogP contribution is 2.37. The number of alkyl halides is 3. The molecule has 34 heavy (non-hydrogen) atoms. The molecule has 1 aromatic heterocycles. The first-order valence-electron chi connectivity index (χ1n) is 10.8. The number of carbonyl (C=O) groups is 1. The molecule has 0 saturated heterocycles. The molecule has 0 radical (unpaired) electrons. The van der Waals surface area contributed by atoms with Gasteiger partial charge in [0.15, 0.2) is 5.78 Å². The third-order valence-corrected chi connectivity index (χ3v) is 6.21. The average molecular weight is 516 g/mol. The first-order valence-corrected chi connectivity index (χ1v) is 12.0. The molecule has 0 aliphatic rings. The maximum Gasteiger partial charge on any atom is 0.418 e. The zero-order valence-corrected chi connectivity index (χ0v) is 21.5. The summed E-state index contributed by atoms with van der Waals surface area (Å²) in [7, 11) is 1.54. The minimum atomic E-state index is -4.42. The van der Waals surface area contributed by atoms with Crippen molar-refractivity contribution in [1.29, 1.82) is 0 Å². The van der Waals surface area contributed by atoms with Gasteiger partial charge in [-0.3, -0.25) is 4.79 Å². The Morgan fingerprint density at radius 2 is 1.82 bits per heavy atom. The van der Waals surface area contributed by atoms with Gasteiger partial charge in [0.25, 0.3) is 0 Å². The fraction of sp³-hybridized carbons (Fsp3) is 0.440. The smallest absolute Gasteiger partial charge is 0.382 e. The van der Waals surface area contributed by atoms with E-state index in [9.17, 15) is 18.0 Å². The summed E-state index contributed by atoms with van der Waals surface area (Å²) in [6.45, 7) is 8.52. The van der Waals surface area contributed by atoms with E-state index >= 15 is 0 Å². The molecule has 0 spiro atoms. The van der Waals surface area contributed by atoms with Crippen molar-refractivity contribution in [2.45, 2.75) is 53.3 Å². The van der Waals surface area contributed by atoms with Crippen LogP contribution in [0, 0.1) is 20.8 Å². The summed E-state index contributed by atoms with van der Waals surface area (Å²) in [6, 6.07) is 6.46. The molecule has 0 fully saturated rings. The molecule has 0 bridgehead atoms. The van der Waals surface area contributed by atoms with Gasteiger partial charge >= 0.3 is 6.18 Å². The molecule has 0 unspecified atom stereocenters. The lowest BCUT2D eigenvalue weighted by atomic mass is 9.98. The number of methoxy groups -OCH3 is 1. The molecule has 0 N–H and O–H groups in total. The highest BCUT2D eigenvalue weighted by atomic mass is 35.5. The summed E-state index contributed by atoms with van der Waals surface area (Å²) in [6.07, 6.45) is -2.94. The van der Waals surface area contributed by atoms with Crippen molar-refractivity contribution in [2.75, 3.05) is 20.3 Å². The Hall–Kier alpha value is -2.00. The van der Waals surface area contributed by atoms with Crippen LogP contribution in [-0.2, 0) is 22.3 Å². The monoisotopic (exact) mass is 515 g/mol. The normalized spacial score (nSPS) is 11.4. The van der Waals surface area contributed by atoms with Crippen LogP contribution >= 0.6 is 22.9 Å². The van der Waals surface area contributed by atoms with Crippen LogP contribution in [0.3, 0.4) is 0 Å². The van der Waals surface area contributed by atoms with Gasteiger partial charge in [0.2, 0.25) is 0 Å². The fourth-order valence-corrected chi connectivity index (χ4v) is 4.49. The number of halogens is 4. The number of thiazole rings is 1. The summed E-state index contributed by atoms with van der Waals surface area (Å²) >= 11 is 7.16. The Labute approximate surface area is 207 Å². The number of aryl methyl sites for hydroxylation is 2. The molecule has 4 nitrogen and oxygen atoms in total. The third-order valence-electron chi connectivity index (χ3n) is 5.08. The van der Waals surface area contributed by atoms with Crippen LogP contribution in [-0.4, -0.2) is 31.1 Å². The van der Waals surface area contributed by atoms with E-state index in [1.54, 1.807) is 19.1 Å². The first-order chi connectivity index (χ1) is 16.0. The van der Waals surface area contributed by atoms with Crippen LogP contribution in [0.5, 0.6) is 0 Å².